The van der Waals surface area contributed by atoms with E-state index in [0.717, 1.165) is 6.42 Å². The molecule has 0 bridgehead atoms. The topological polar surface area (TPSA) is 60.2 Å². The summed E-state index contributed by atoms with van der Waals surface area (Å²) in [5.41, 5.74) is 5.77. The summed E-state index contributed by atoms with van der Waals surface area (Å²) in [7, 11) is -2.84. The van der Waals surface area contributed by atoms with Crippen LogP contribution < -0.4 is 5.73 Å². The zero-order valence-corrected chi connectivity index (χ0v) is 8.89. The highest BCUT2D eigenvalue weighted by atomic mass is 32.2. The number of nitrogens with two attached hydrogens (primary N) is 1. The predicted molar refractivity (Wildman–Crippen MR) is 51.8 cm³/mol. The van der Waals surface area contributed by atoms with Crippen LogP contribution in [0.1, 0.15) is 26.7 Å². The van der Waals surface area contributed by atoms with Crippen molar-refractivity contribution in [2.75, 3.05) is 12.0 Å². The van der Waals surface area contributed by atoms with Crippen LogP contribution in [0.25, 0.3) is 0 Å². The molecule has 0 saturated heterocycles. The van der Waals surface area contributed by atoms with Gasteiger partial charge in [-0.1, -0.05) is 20.3 Å². The number of hydrogen-bond donors (Lipinski definition) is 1. The number of hydrogen-bond acceptors (Lipinski definition) is 3. The van der Waals surface area contributed by atoms with Crippen molar-refractivity contribution in [3.63, 3.8) is 0 Å². The van der Waals surface area contributed by atoms with E-state index in [2.05, 4.69) is 6.92 Å². The Labute approximate surface area is 75.3 Å². The van der Waals surface area contributed by atoms with Gasteiger partial charge in [-0.15, -0.1) is 0 Å². The van der Waals surface area contributed by atoms with Gasteiger partial charge in [0.15, 0.2) is 0 Å². The monoisotopic (exact) mass is 193 g/mol. The van der Waals surface area contributed by atoms with Crippen LogP contribution in [0.15, 0.2) is 0 Å². The number of sulfone groups is 1. The van der Waals surface area contributed by atoms with Gasteiger partial charge < -0.3 is 5.73 Å². The molecule has 0 fully saturated rings. The molecule has 0 saturated carbocycles. The molecular weight excluding hydrogens is 174 g/mol. The van der Waals surface area contributed by atoms with E-state index < -0.39 is 9.84 Å². The molecular formula is C8H19NO2S. The van der Waals surface area contributed by atoms with Gasteiger partial charge in [-0.3, -0.25) is 0 Å². The molecule has 0 spiro atoms. The second-order valence-corrected chi connectivity index (χ2v) is 5.73. The summed E-state index contributed by atoms with van der Waals surface area (Å²) in [5.74, 6) is 0.616. The summed E-state index contributed by atoms with van der Waals surface area (Å²) < 4.78 is 21.6. The maximum Gasteiger partial charge on any atom is 0.147 e. The average Bonchev–Trinajstić information content (AvgIpc) is 1.97. The molecule has 4 heteroatoms. The van der Waals surface area contributed by atoms with Crippen molar-refractivity contribution < 1.29 is 8.42 Å². The third kappa shape index (κ3) is 5.55. The van der Waals surface area contributed by atoms with E-state index >= 15 is 0 Å². The van der Waals surface area contributed by atoms with E-state index in [1.54, 1.807) is 0 Å². The molecule has 0 aromatic carbocycles. The van der Waals surface area contributed by atoms with Gasteiger partial charge in [-0.05, 0) is 12.3 Å². The van der Waals surface area contributed by atoms with Crippen molar-refractivity contribution in [3.05, 3.63) is 0 Å². The van der Waals surface area contributed by atoms with Crippen LogP contribution in [0.2, 0.25) is 0 Å². The second-order valence-electron chi connectivity index (χ2n) is 3.47. The fourth-order valence-corrected chi connectivity index (χ4v) is 1.64. The zero-order chi connectivity index (χ0) is 9.78. The van der Waals surface area contributed by atoms with Gasteiger partial charge >= 0.3 is 0 Å². The Balaban J connectivity index is 3.79. The van der Waals surface area contributed by atoms with Crippen LogP contribution in [0.5, 0.6) is 0 Å². The van der Waals surface area contributed by atoms with Gasteiger partial charge in [0.1, 0.15) is 9.84 Å². The summed E-state index contributed by atoms with van der Waals surface area (Å²) in [6.45, 7) is 4.11. The molecule has 74 valence electrons. The van der Waals surface area contributed by atoms with Crippen LogP contribution in [0.3, 0.4) is 0 Å². The Kier molecular flexibility index (Phi) is 4.78. The molecule has 0 aliphatic rings. The number of rotatable bonds is 5. The van der Waals surface area contributed by atoms with Gasteiger partial charge in [-0.25, -0.2) is 8.42 Å². The van der Waals surface area contributed by atoms with Crippen molar-refractivity contribution in [2.45, 2.75) is 32.7 Å². The molecule has 2 unspecified atom stereocenters. The van der Waals surface area contributed by atoms with Crippen LogP contribution in [-0.2, 0) is 9.84 Å². The zero-order valence-electron chi connectivity index (χ0n) is 8.08. The Morgan fingerprint density at radius 2 is 1.92 bits per heavy atom. The Morgan fingerprint density at radius 1 is 1.42 bits per heavy atom. The molecule has 0 aromatic rings. The summed E-state index contributed by atoms with van der Waals surface area (Å²) in [5, 5.41) is 0. The normalized spacial score (nSPS) is 17.3. The third-order valence-corrected chi connectivity index (χ3v) is 3.17. The lowest BCUT2D eigenvalue weighted by molar-refractivity contribution is 0.432. The lowest BCUT2D eigenvalue weighted by Crippen LogP contribution is -2.30. The van der Waals surface area contributed by atoms with Crippen LogP contribution in [-0.4, -0.2) is 26.5 Å². The summed E-state index contributed by atoms with van der Waals surface area (Å²) >= 11 is 0. The van der Waals surface area contributed by atoms with Crippen molar-refractivity contribution in [1.82, 2.24) is 0 Å². The van der Waals surface area contributed by atoms with E-state index in [0.29, 0.717) is 12.3 Å². The van der Waals surface area contributed by atoms with Crippen LogP contribution in [0.4, 0.5) is 0 Å². The minimum atomic E-state index is -2.84. The quantitative estimate of drug-likeness (QED) is 0.702. The predicted octanol–water partition coefficient (Wildman–Crippen LogP) is 0.795. The van der Waals surface area contributed by atoms with Gasteiger partial charge in [0.25, 0.3) is 0 Å². The first kappa shape index (κ1) is 11.9. The Bertz CT molecular complexity index is 211. The fraction of sp³-hybridized carbons (Fsp3) is 1.00. The first-order chi connectivity index (χ1) is 5.37. The Hall–Kier alpha value is -0.0900. The molecule has 0 radical (unpaired) electrons. The molecule has 0 heterocycles. The summed E-state index contributed by atoms with van der Waals surface area (Å²) in [6.07, 6.45) is 2.83. The van der Waals surface area contributed by atoms with Gasteiger partial charge in [0, 0.05) is 12.3 Å². The third-order valence-electron chi connectivity index (χ3n) is 2.20. The van der Waals surface area contributed by atoms with Gasteiger partial charge in [0.05, 0.1) is 5.75 Å². The first-order valence-electron chi connectivity index (χ1n) is 4.30. The van der Waals surface area contributed by atoms with Gasteiger partial charge in [-0.2, -0.15) is 0 Å². The molecule has 0 amide bonds. The van der Waals surface area contributed by atoms with E-state index in [9.17, 15) is 8.42 Å². The molecule has 0 rings (SSSR count). The van der Waals surface area contributed by atoms with Crippen LogP contribution >= 0.6 is 0 Å². The SMILES string of the molecule is CCC(C)C(N)CCS(C)(=O)=O. The van der Waals surface area contributed by atoms with E-state index in [1.165, 1.54) is 6.26 Å². The van der Waals surface area contributed by atoms with E-state index in [1.807, 2.05) is 6.92 Å². The molecule has 0 aliphatic heterocycles. The smallest absolute Gasteiger partial charge is 0.147 e. The van der Waals surface area contributed by atoms with Crippen molar-refractivity contribution in [1.29, 1.82) is 0 Å². The minimum Gasteiger partial charge on any atom is -0.327 e. The average molecular weight is 193 g/mol. The van der Waals surface area contributed by atoms with Crippen molar-refractivity contribution in [3.8, 4) is 0 Å². The maximum atomic E-state index is 10.8. The second kappa shape index (κ2) is 4.82. The summed E-state index contributed by atoms with van der Waals surface area (Å²) in [6, 6.07) is 0.0183. The minimum absolute atomic E-state index is 0.0183. The maximum absolute atomic E-state index is 10.8. The van der Waals surface area contributed by atoms with E-state index in [4.69, 9.17) is 5.73 Å². The Morgan fingerprint density at radius 3 is 2.25 bits per heavy atom. The highest BCUT2D eigenvalue weighted by Crippen LogP contribution is 2.09. The summed E-state index contributed by atoms with van der Waals surface area (Å²) in [4.78, 5) is 0. The van der Waals surface area contributed by atoms with E-state index in [-0.39, 0.29) is 11.8 Å². The highest BCUT2D eigenvalue weighted by molar-refractivity contribution is 7.90. The largest absolute Gasteiger partial charge is 0.327 e. The molecule has 0 aliphatic carbocycles. The van der Waals surface area contributed by atoms with Crippen molar-refractivity contribution >= 4 is 9.84 Å². The van der Waals surface area contributed by atoms with Crippen molar-refractivity contribution in [2.24, 2.45) is 11.7 Å². The molecule has 12 heavy (non-hydrogen) atoms. The first-order valence-corrected chi connectivity index (χ1v) is 6.36. The lowest BCUT2D eigenvalue weighted by atomic mass is 9.98. The standard InChI is InChI=1S/C8H19NO2S/c1-4-7(2)8(9)5-6-12(3,10)11/h7-8H,4-6,9H2,1-3H3. The highest BCUT2D eigenvalue weighted by Gasteiger charge is 2.12. The lowest BCUT2D eigenvalue weighted by Gasteiger charge is -2.17. The van der Waals surface area contributed by atoms with Gasteiger partial charge in [0.2, 0.25) is 0 Å². The molecule has 2 N–H and O–H groups in total. The van der Waals surface area contributed by atoms with Crippen LogP contribution in [0, 0.1) is 5.92 Å². The molecule has 3 nitrogen and oxygen atoms in total. The molecule has 0 aromatic heterocycles. The fourth-order valence-electron chi connectivity index (χ4n) is 0.937. The molecule has 2 atom stereocenters.